The van der Waals surface area contributed by atoms with Gasteiger partial charge in [-0.3, -0.25) is 9.59 Å². The van der Waals surface area contributed by atoms with Gasteiger partial charge in [0.15, 0.2) is 0 Å². The number of nitrogens with zero attached hydrogens (tertiary/aromatic N) is 4. The van der Waals surface area contributed by atoms with Gasteiger partial charge in [-0.25, -0.2) is 4.98 Å². The predicted molar refractivity (Wildman–Crippen MR) is 136 cm³/mol. The smallest absolute Gasteiger partial charge is 0.313 e. The number of amides is 2. The second-order valence-electron chi connectivity index (χ2n) is 10.1. The van der Waals surface area contributed by atoms with E-state index in [1.54, 1.807) is 11.0 Å². The van der Waals surface area contributed by atoms with Gasteiger partial charge in [-0.1, -0.05) is 19.1 Å². The molecule has 0 aliphatic carbocycles. The van der Waals surface area contributed by atoms with Gasteiger partial charge in [-0.2, -0.15) is 0 Å². The number of nitrogens with two attached hydrogens (primary N) is 1. The fraction of sp³-hybridized carbons (Fsp3) is 0.500. The number of hydrogen-bond donors (Lipinski definition) is 2. The number of piperazine rings is 1. The summed E-state index contributed by atoms with van der Waals surface area (Å²) in [5.74, 6) is -0.442. The third kappa shape index (κ3) is 4.87. The fourth-order valence-electron chi connectivity index (χ4n) is 4.94. The van der Waals surface area contributed by atoms with Crippen LogP contribution in [0.1, 0.15) is 37.8 Å². The Morgan fingerprint density at radius 2 is 1.91 bits per heavy atom. The summed E-state index contributed by atoms with van der Waals surface area (Å²) in [6.07, 6.45) is 3.29. The van der Waals surface area contributed by atoms with E-state index in [2.05, 4.69) is 65.3 Å². The molecule has 2 aliphatic rings. The molecule has 0 radical (unpaired) electrons. The van der Waals surface area contributed by atoms with Gasteiger partial charge in [0.25, 0.3) is 0 Å². The first-order chi connectivity index (χ1) is 16.2. The van der Waals surface area contributed by atoms with E-state index in [0.717, 1.165) is 50.1 Å². The number of aryl methyl sites for hydroxylation is 1. The van der Waals surface area contributed by atoms with Gasteiger partial charge in [0.1, 0.15) is 5.82 Å². The van der Waals surface area contributed by atoms with Crippen molar-refractivity contribution < 1.29 is 9.59 Å². The zero-order chi connectivity index (χ0) is 24.5. The quantitative estimate of drug-likeness (QED) is 0.679. The van der Waals surface area contributed by atoms with E-state index in [-0.39, 0.29) is 0 Å². The van der Waals surface area contributed by atoms with Crippen LogP contribution in [-0.2, 0) is 15.1 Å². The lowest BCUT2D eigenvalue weighted by molar-refractivity contribution is -0.150. The number of pyridine rings is 1. The van der Waals surface area contributed by atoms with Gasteiger partial charge in [0.2, 0.25) is 0 Å². The van der Waals surface area contributed by atoms with Crippen molar-refractivity contribution in [1.29, 1.82) is 0 Å². The van der Waals surface area contributed by atoms with Gasteiger partial charge in [0.05, 0.1) is 17.4 Å². The first-order valence-electron chi connectivity index (χ1n) is 12.1. The molecular formula is C26H36N6O2. The first kappa shape index (κ1) is 24.0. The number of hydrogen-bond acceptors (Lipinski definition) is 6. The number of likely N-dealkylation sites (tertiary alicyclic amines) is 1. The van der Waals surface area contributed by atoms with Gasteiger partial charge in [0, 0.05) is 38.4 Å². The van der Waals surface area contributed by atoms with Crippen LogP contribution in [0.3, 0.4) is 0 Å². The highest BCUT2D eigenvalue weighted by atomic mass is 16.2. The van der Waals surface area contributed by atoms with E-state index in [9.17, 15) is 9.59 Å². The molecule has 2 fully saturated rings. The fourth-order valence-corrected chi connectivity index (χ4v) is 4.94. The number of piperidine rings is 1. The lowest BCUT2D eigenvalue weighted by Crippen LogP contribution is -2.55. The van der Waals surface area contributed by atoms with Crippen LogP contribution in [-0.4, -0.2) is 66.4 Å². The molecule has 2 aromatic rings. The summed E-state index contributed by atoms with van der Waals surface area (Å²) in [6, 6.07) is 10.2. The number of carbonyl (C=O) groups excluding carboxylic acids is 2. The highest BCUT2D eigenvalue weighted by Gasteiger charge is 2.43. The lowest BCUT2D eigenvalue weighted by atomic mass is 9.78. The molecule has 2 aliphatic heterocycles. The summed E-state index contributed by atoms with van der Waals surface area (Å²) in [7, 11) is 2.15. The van der Waals surface area contributed by atoms with Crippen LogP contribution >= 0.6 is 0 Å². The highest BCUT2D eigenvalue weighted by Crippen LogP contribution is 2.40. The summed E-state index contributed by atoms with van der Waals surface area (Å²) in [5, 5.41) is 2.72. The van der Waals surface area contributed by atoms with Crippen molar-refractivity contribution in [2.45, 2.75) is 39.2 Å². The van der Waals surface area contributed by atoms with Crippen molar-refractivity contribution in [2.75, 3.05) is 55.7 Å². The number of nitrogens with one attached hydrogen (secondary N) is 1. The maximum absolute atomic E-state index is 13.5. The molecule has 1 aromatic heterocycles. The van der Waals surface area contributed by atoms with Crippen molar-refractivity contribution >= 4 is 29.0 Å². The number of likely N-dealkylation sites (N-methyl/N-ethyl adjacent to an activating group) is 1. The topological polar surface area (TPSA) is 94.8 Å². The second kappa shape index (κ2) is 9.62. The Kier molecular flexibility index (Phi) is 6.79. The van der Waals surface area contributed by atoms with Crippen LogP contribution in [0.5, 0.6) is 0 Å². The molecule has 4 rings (SSSR count). The van der Waals surface area contributed by atoms with Crippen molar-refractivity contribution in [3.05, 3.63) is 47.7 Å². The molecule has 2 saturated heterocycles. The number of rotatable bonds is 3. The van der Waals surface area contributed by atoms with Crippen LogP contribution in [0.4, 0.5) is 17.2 Å². The molecule has 1 aromatic carbocycles. The summed E-state index contributed by atoms with van der Waals surface area (Å²) >= 11 is 0. The number of nitrogen functional groups attached to an aromatic ring is 1. The average Bonchev–Trinajstić information content (AvgIpc) is 2.83. The lowest BCUT2D eigenvalue weighted by Gasteiger charge is -2.47. The van der Waals surface area contributed by atoms with E-state index in [1.807, 2.05) is 6.92 Å². The van der Waals surface area contributed by atoms with Gasteiger partial charge >= 0.3 is 11.8 Å². The van der Waals surface area contributed by atoms with Crippen LogP contribution in [0.2, 0.25) is 0 Å². The van der Waals surface area contributed by atoms with E-state index in [0.29, 0.717) is 24.0 Å². The summed E-state index contributed by atoms with van der Waals surface area (Å²) in [4.78, 5) is 37.0. The molecule has 0 spiro atoms. The molecule has 2 amide bonds. The molecule has 3 N–H and O–H groups in total. The molecule has 8 nitrogen and oxygen atoms in total. The number of benzene rings is 1. The maximum atomic E-state index is 13.5. The molecule has 8 heteroatoms. The molecule has 1 unspecified atom stereocenters. The summed E-state index contributed by atoms with van der Waals surface area (Å²) in [6.45, 7) is 10.6. The number of carbonyl (C=O) groups is 2. The number of aromatic nitrogens is 1. The highest BCUT2D eigenvalue weighted by molar-refractivity contribution is 6.39. The van der Waals surface area contributed by atoms with E-state index >= 15 is 0 Å². The standard InChI is InChI=1S/C26H36N6O2/c1-18-8-9-26(3,20-6-5-7-22(15-20)31-12-10-30(4)11-13-31)32(17-18)25(34)24(33)29-21-14-19(2)23(27)28-16-21/h5-7,14-16,18H,8-13,17H2,1-4H3,(H2,27,28)(H,29,33)/t18-,26?/m0/s1. The SMILES string of the molecule is Cc1cc(NC(=O)C(=O)N2C[C@@H](C)CCC2(C)c2cccc(N3CCN(C)CC3)c2)cnc1N. The average molecular weight is 465 g/mol. The van der Waals surface area contributed by atoms with Crippen LogP contribution in [0.15, 0.2) is 36.5 Å². The minimum atomic E-state index is -0.651. The van der Waals surface area contributed by atoms with Crippen LogP contribution in [0, 0.1) is 12.8 Å². The van der Waals surface area contributed by atoms with Gasteiger partial charge in [-0.05, 0) is 69.0 Å². The van der Waals surface area contributed by atoms with Crippen molar-refractivity contribution in [3.63, 3.8) is 0 Å². The second-order valence-corrected chi connectivity index (χ2v) is 10.1. The number of anilines is 3. The Labute approximate surface area is 202 Å². The largest absolute Gasteiger partial charge is 0.383 e. The van der Waals surface area contributed by atoms with E-state index in [1.165, 1.54) is 11.9 Å². The van der Waals surface area contributed by atoms with Gasteiger partial charge < -0.3 is 25.8 Å². The van der Waals surface area contributed by atoms with Crippen molar-refractivity contribution in [1.82, 2.24) is 14.8 Å². The van der Waals surface area contributed by atoms with Crippen LogP contribution in [0.25, 0.3) is 0 Å². The zero-order valence-electron chi connectivity index (χ0n) is 20.7. The Balaban J connectivity index is 1.58. The minimum Gasteiger partial charge on any atom is -0.383 e. The third-order valence-electron chi connectivity index (χ3n) is 7.37. The Hall–Kier alpha value is -3.13. The molecule has 34 heavy (non-hydrogen) atoms. The monoisotopic (exact) mass is 464 g/mol. The predicted octanol–water partition coefficient (Wildman–Crippen LogP) is 2.84. The normalized spacial score (nSPS) is 23.6. The Morgan fingerprint density at radius 3 is 2.62 bits per heavy atom. The van der Waals surface area contributed by atoms with E-state index < -0.39 is 17.4 Å². The van der Waals surface area contributed by atoms with Crippen LogP contribution < -0.4 is 16.0 Å². The molecule has 0 bridgehead atoms. The molecular weight excluding hydrogens is 428 g/mol. The van der Waals surface area contributed by atoms with E-state index in [4.69, 9.17) is 5.73 Å². The van der Waals surface area contributed by atoms with Crippen molar-refractivity contribution in [2.24, 2.45) is 5.92 Å². The minimum absolute atomic E-state index is 0.325. The van der Waals surface area contributed by atoms with Crippen molar-refractivity contribution in [3.8, 4) is 0 Å². The Bertz CT molecular complexity index is 1070. The van der Waals surface area contributed by atoms with Gasteiger partial charge in [-0.15, -0.1) is 0 Å². The molecule has 2 atom stereocenters. The molecule has 3 heterocycles. The zero-order valence-corrected chi connectivity index (χ0v) is 20.7. The summed E-state index contributed by atoms with van der Waals surface area (Å²) < 4.78 is 0. The Morgan fingerprint density at radius 1 is 1.18 bits per heavy atom. The maximum Gasteiger partial charge on any atom is 0.313 e. The molecule has 0 saturated carbocycles. The first-order valence-corrected chi connectivity index (χ1v) is 12.1. The third-order valence-corrected chi connectivity index (χ3v) is 7.37. The summed E-state index contributed by atoms with van der Waals surface area (Å²) in [5.41, 5.74) is 8.68. The molecule has 182 valence electrons.